The van der Waals surface area contributed by atoms with Crippen LogP contribution in [0.4, 0.5) is 9.59 Å². The Morgan fingerprint density at radius 3 is 2.43 bits per heavy atom. The van der Waals surface area contributed by atoms with Crippen LogP contribution in [0.1, 0.15) is 24.8 Å². The van der Waals surface area contributed by atoms with Gasteiger partial charge in [-0.2, -0.15) is 0 Å². The van der Waals surface area contributed by atoms with Gasteiger partial charge in [0.15, 0.2) is 0 Å². The Morgan fingerprint density at radius 1 is 1.18 bits per heavy atom. The summed E-state index contributed by atoms with van der Waals surface area (Å²) in [4.78, 5) is 47.6. The van der Waals surface area contributed by atoms with Gasteiger partial charge in [-0.3, -0.25) is 4.90 Å². The van der Waals surface area contributed by atoms with Gasteiger partial charge in [0.2, 0.25) is 0 Å². The smallest absolute Gasteiger partial charge is 0.408 e. The number of methoxy groups -OCH3 is 1. The van der Waals surface area contributed by atoms with Crippen LogP contribution in [0, 0.1) is 0 Å². The number of amides is 2. The molecule has 0 radical (unpaired) electrons. The summed E-state index contributed by atoms with van der Waals surface area (Å²) in [6, 6.07) is 5.80. The predicted molar refractivity (Wildman–Crippen MR) is 94.5 cm³/mol. The second kappa shape index (κ2) is 9.58. The number of carboxylic acids is 1. The highest BCUT2D eigenvalue weighted by atomic mass is 16.6. The molecule has 1 saturated heterocycles. The lowest BCUT2D eigenvalue weighted by Gasteiger charge is -2.27. The third kappa shape index (κ3) is 5.35. The van der Waals surface area contributed by atoms with Gasteiger partial charge in [0, 0.05) is 6.04 Å². The summed E-state index contributed by atoms with van der Waals surface area (Å²) in [5.41, 5.74) is 0.754. The highest BCUT2D eigenvalue weighted by molar-refractivity contribution is 5.82. The van der Waals surface area contributed by atoms with E-state index in [1.807, 2.05) is 6.07 Å². The van der Waals surface area contributed by atoms with Crippen LogP contribution < -0.4 is 5.32 Å². The lowest BCUT2D eigenvalue weighted by Crippen LogP contribution is -2.49. The van der Waals surface area contributed by atoms with E-state index in [0.29, 0.717) is 0 Å². The van der Waals surface area contributed by atoms with Crippen molar-refractivity contribution in [2.24, 2.45) is 0 Å². The van der Waals surface area contributed by atoms with Gasteiger partial charge in [0.1, 0.15) is 18.7 Å². The molecule has 152 valence electrons. The Hall–Kier alpha value is -3.30. The van der Waals surface area contributed by atoms with Gasteiger partial charge in [-0.25, -0.2) is 19.2 Å². The summed E-state index contributed by atoms with van der Waals surface area (Å²) in [7, 11) is 1.13. The van der Waals surface area contributed by atoms with Crippen molar-refractivity contribution in [3.05, 3.63) is 35.9 Å². The van der Waals surface area contributed by atoms with Crippen molar-refractivity contribution in [3.8, 4) is 0 Å². The molecule has 10 nitrogen and oxygen atoms in total. The molecule has 1 aliphatic rings. The maximum atomic E-state index is 12.0. The standard InChI is InChI=1S/C18H22N2O8/c1-27-16(23)13(19-17(24)28-10-11-5-3-2-4-6-11)9-12-7-8-14(15(21)22)20(12)18(25)26/h2-6,12-14H,7-10H2,1H3,(H,19,24)(H,21,22)(H,25,26)/t12-,13?,14-/m0/s1. The summed E-state index contributed by atoms with van der Waals surface area (Å²) in [6.45, 7) is -0.00761. The highest BCUT2D eigenvalue weighted by Crippen LogP contribution is 2.28. The van der Waals surface area contributed by atoms with Gasteiger partial charge >= 0.3 is 24.1 Å². The minimum Gasteiger partial charge on any atom is -0.480 e. The predicted octanol–water partition coefficient (Wildman–Crippen LogP) is 1.44. The zero-order valence-electron chi connectivity index (χ0n) is 15.2. The van der Waals surface area contributed by atoms with Gasteiger partial charge in [-0.05, 0) is 24.8 Å². The Kier molecular flexibility index (Phi) is 7.19. The van der Waals surface area contributed by atoms with Crippen LogP contribution in [0.25, 0.3) is 0 Å². The topological polar surface area (TPSA) is 142 Å². The number of alkyl carbamates (subject to hydrolysis) is 1. The quantitative estimate of drug-likeness (QED) is 0.590. The second-order valence-electron chi connectivity index (χ2n) is 6.29. The fourth-order valence-corrected chi connectivity index (χ4v) is 3.18. The van der Waals surface area contributed by atoms with Gasteiger partial charge in [0.25, 0.3) is 0 Å². The molecule has 0 aromatic heterocycles. The van der Waals surface area contributed by atoms with Crippen LogP contribution in [-0.2, 0) is 25.7 Å². The number of ether oxygens (including phenoxy) is 2. The number of hydrogen-bond acceptors (Lipinski definition) is 6. The largest absolute Gasteiger partial charge is 0.480 e. The average molecular weight is 394 g/mol. The van der Waals surface area contributed by atoms with Crippen LogP contribution >= 0.6 is 0 Å². The van der Waals surface area contributed by atoms with E-state index in [9.17, 15) is 29.4 Å². The summed E-state index contributed by atoms with van der Waals surface area (Å²) in [6.07, 6.45) is -2.02. The molecule has 0 bridgehead atoms. The first kappa shape index (κ1) is 21.0. The number of rotatable bonds is 7. The third-order valence-electron chi connectivity index (χ3n) is 4.51. The van der Waals surface area contributed by atoms with Gasteiger partial charge < -0.3 is 25.0 Å². The molecule has 1 aliphatic heterocycles. The van der Waals surface area contributed by atoms with E-state index in [1.54, 1.807) is 24.3 Å². The first-order chi connectivity index (χ1) is 13.3. The molecule has 1 heterocycles. The molecule has 0 saturated carbocycles. The Balaban J connectivity index is 2.01. The van der Waals surface area contributed by atoms with E-state index in [0.717, 1.165) is 17.6 Å². The molecule has 1 fully saturated rings. The number of nitrogens with zero attached hydrogens (tertiary/aromatic N) is 1. The van der Waals surface area contributed by atoms with Gasteiger partial charge in [-0.1, -0.05) is 30.3 Å². The lowest BCUT2D eigenvalue weighted by atomic mass is 10.0. The maximum Gasteiger partial charge on any atom is 0.408 e. The molecule has 2 rings (SSSR count). The van der Waals surface area contributed by atoms with Crippen LogP contribution in [0.3, 0.4) is 0 Å². The molecule has 1 unspecified atom stereocenters. The monoisotopic (exact) mass is 394 g/mol. The number of benzene rings is 1. The number of nitrogens with one attached hydrogen (secondary N) is 1. The molecule has 3 N–H and O–H groups in total. The normalized spacial score (nSPS) is 19.5. The molecule has 2 amide bonds. The molecule has 3 atom stereocenters. The minimum atomic E-state index is -1.40. The number of likely N-dealkylation sites (tertiary alicyclic amines) is 1. The average Bonchev–Trinajstić information content (AvgIpc) is 3.10. The summed E-state index contributed by atoms with van der Waals surface area (Å²) >= 11 is 0. The van der Waals surface area contributed by atoms with Crippen molar-refractivity contribution < 1.29 is 38.9 Å². The van der Waals surface area contributed by atoms with E-state index in [1.165, 1.54) is 0 Å². The van der Waals surface area contributed by atoms with Crippen LogP contribution in [-0.4, -0.2) is 64.5 Å². The zero-order chi connectivity index (χ0) is 20.7. The van der Waals surface area contributed by atoms with Gasteiger partial charge in [0.05, 0.1) is 7.11 Å². The van der Waals surface area contributed by atoms with Crippen molar-refractivity contribution in [2.45, 2.75) is 44.0 Å². The fourth-order valence-electron chi connectivity index (χ4n) is 3.18. The molecule has 1 aromatic rings. The Bertz CT molecular complexity index is 724. The third-order valence-corrected chi connectivity index (χ3v) is 4.51. The van der Waals surface area contributed by atoms with E-state index in [2.05, 4.69) is 10.1 Å². The molecule has 0 aliphatic carbocycles. The molecule has 0 spiro atoms. The molecular formula is C18H22N2O8. The minimum absolute atomic E-state index is 0.00761. The van der Waals surface area contributed by atoms with E-state index in [4.69, 9.17) is 4.74 Å². The molecule has 1 aromatic carbocycles. The highest BCUT2D eigenvalue weighted by Gasteiger charge is 2.43. The summed E-state index contributed by atoms with van der Waals surface area (Å²) in [5, 5.41) is 20.9. The van der Waals surface area contributed by atoms with E-state index in [-0.39, 0.29) is 25.9 Å². The van der Waals surface area contributed by atoms with Crippen LogP contribution in [0.5, 0.6) is 0 Å². The lowest BCUT2D eigenvalue weighted by molar-refractivity contribution is -0.143. The van der Waals surface area contributed by atoms with Crippen molar-refractivity contribution in [1.29, 1.82) is 0 Å². The van der Waals surface area contributed by atoms with E-state index >= 15 is 0 Å². The first-order valence-electron chi connectivity index (χ1n) is 8.62. The van der Waals surface area contributed by atoms with Crippen molar-refractivity contribution in [3.63, 3.8) is 0 Å². The zero-order valence-corrected chi connectivity index (χ0v) is 15.2. The maximum absolute atomic E-state index is 12.0. The second-order valence-corrected chi connectivity index (χ2v) is 6.29. The molecule has 10 heteroatoms. The van der Waals surface area contributed by atoms with Crippen molar-refractivity contribution in [2.75, 3.05) is 7.11 Å². The number of esters is 1. The Labute approximate surface area is 161 Å². The number of carbonyl (C=O) groups is 4. The number of carbonyl (C=O) groups excluding carboxylic acids is 2. The van der Waals surface area contributed by atoms with E-state index < -0.39 is 42.3 Å². The number of aliphatic carboxylic acids is 1. The summed E-state index contributed by atoms with van der Waals surface area (Å²) < 4.78 is 9.73. The number of carboxylic acid groups (broad SMARTS) is 2. The SMILES string of the molecule is COC(=O)C(C[C@@H]1CC[C@@H](C(=O)O)N1C(=O)O)NC(=O)OCc1ccccc1. The van der Waals surface area contributed by atoms with Crippen molar-refractivity contribution in [1.82, 2.24) is 10.2 Å². The Morgan fingerprint density at radius 2 is 1.86 bits per heavy atom. The van der Waals surface area contributed by atoms with Crippen LogP contribution in [0.15, 0.2) is 30.3 Å². The van der Waals surface area contributed by atoms with Crippen LogP contribution in [0.2, 0.25) is 0 Å². The number of hydrogen-bond donors (Lipinski definition) is 3. The van der Waals surface area contributed by atoms with Gasteiger partial charge in [-0.15, -0.1) is 0 Å². The summed E-state index contributed by atoms with van der Waals surface area (Å²) in [5.74, 6) is -2.03. The van der Waals surface area contributed by atoms with Crippen molar-refractivity contribution >= 4 is 24.1 Å². The molecule has 28 heavy (non-hydrogen) atoms. The first-order valence-corrected chi connectivity index (χ1v) is 8.62. The molecular weight excluding hydrogens is 372 g/mol. The fraction of sp³-hybridized carbons (Fsp3) is 0.444.